The van der Waals surface area contributed by atoms with Crippen LogP contribution in [0.2, 0.25) is 0 Å². The molecular formula is C17H17F2NO3S2. The van der Waals surface area contributed by atoms with Gasteiger partial charge in [-0.2, -0.15) is 0 Å². The number of sulfonamides is 1. The Bertz CT molecular complexity index is 935. The van der Waals surface area contributed by atoms with Gasteiger partial charge >= 0.3 is 0 Å². The standard InChI is InChI=1S/C17H17F2NO3S2/c1-10-7-13(25(22,23)20-9-12-8-17(12,18)19)3-4-14(10)16-6-5-15(24-16)11(2)21/h3-7,12,20H,8-9H2,1-2H3. The van der Waals surface area contributed by atoms with E-state index in [-0.39, 0.29) is 23.6 Å². The highest BCUT2D eigenvalue weighted by Gasteiger charge is 2.56. The molecule has 1 saturated carbocycles. The molecule has 0 amide bonds. The fraction of sp³-hybridized carbons (Fsp3) is 0.353. The van der Waals surface area contributed by atoms with Crippen LogP contribution in [0.5, 0.6) is 0 Å². The quantitative estimate of drug-likeness (QED) is 0.768. The van der Waals surface area contributed by atoms with Crippen LogP contribution in [0.1, 0.15) is 28.6 Å². The Balaban J connectivity index is 1.79. The molecule has 0 radical (unpaired) electrons. The maximum absolute atomic E-state index is 12.9. The monoisotopic (exact) mass is 385 g/mol. The number of aryl methyl sites for hydroxylation is 1. The number of hydrogen-bond acceptors (Lipinski definition) is 4. The first-order chi connectivity index (χ1) is 11.6. The van der Waals surface area contributed by atoms with Gasteiger partial charge in [-0.15, -0.1) is 11.3 Å². The maximum atomic E-state index is 12.9. The highest BCUT2D eigenvalue weighted by molar-refractivity contribution is 7.89. The number of rotatable bonds is 6. The lowest BCUT2D eigenvalue weighted by Gasteiger charge is -2.09. The van der Waals surface area contributed by atoms with Gasteiger partial charge in [0.05, 0.1) is 9.77 Å². The van der Waals surface area contributed by atoms with Gasteiger partial charge in [-0.05, 0) is 49.2 Å². The van der Waals surface area contributed by atoms with Crippen molar-refractivity contribution in [1.29, 1.82) is 0 Å². The summed E-state index contributed by atoms with van der Waals surface area (Å²) in [7, 11) is -3.83. The van der Waals surface area contributed by atoms with Gasteiger partial charge in [0, 0.05) is 23.8 Å². The van der Waals surface area contributed by atoms with Gasteiger partial charge in [-0.3, -0.25) is 4.79 Å². The second-order valence-electron chi connectivity index (χ2n) is 6.21. The minimum atomic E-state index is -3.83. The summed E-state index contributed by atoms with van der Waals surface area (Å²) in [6.45, 7) is 3.01. The number of nitrogens with one attached hydrogen (secondary N) is 1. The third kappa shape index (κ3) is 3.80. The highest BCUT2D eigenvalue weighted by Crippen LogP contribution is 2.48. The van der Waals surface area contributed by atoms with Gasteiger partial charge in [-0.1, -0.05) is 6.07 Å². The lowest BCUT2D eigenvalue weighted by atomic mass is 10.1. The van der Waals surface area contributed by atoms with E-state index in [1.165, 1.54) is 30.4 Å². The van der Waals surface area contributed by atoms with Gasteiger partial charge in [0.15, 0.2) is 5.78 Å². The van der Waals surface area contributed by atoms with Gasteiger partial charge in [0.1, 0.15) is 0 Å². The predicted octanol–water partition coefficient (Wildman–Crippen LogP) is 3.86. The minimum absolute atomic E-state index is 0.0193. The molecular weight excluding hydrogens is 368 g/mol. The van der Waals surface area contributed by atoms with Crippen LogP contribution >= 0.6 is 11.3 Å². The summed E-state index contributed by atoms with van der Waals surface area (Å²) in [5.74, 6) is -3.69. The Kier molecular flexibility index (Phi) is 4.55. The average Bonchev–Trinajstić information content (AvgIpc) is 2.94. The van der Waals surface area contributed by atoms with Gasteiger partial charge in [0.25, 0.3) is 5.92 Å². The summed E-state index contributed by atoms with van der Waals surface area (Å²) >= 11 is 1.35. The zero-order valence-electron chi connectivity index (χ0n) is 13.7. The van der Waals surface area contributed by atoms with Crippen LogP contribution < -0.4 is 4.72 Å². The maximum Gasteiger partial charge on any atom is 0.252 e. The second-order valence-corrected chi connectivity index (χ2v) is 9.06. The Hall–Kier alpha value is -1.64. The number of hydrogen-bond donors (Lipinski definition) is 1. The van der Waals surface area contributed by atoms with Crippen molar-refractivity contribution in [1.82, 2.24) is 4.72 Å². The minimum Gasteiger partial charge on any atom is -0.294 e. The van der Waals surface area contributed by atoms with E-state index in [1.54, 1.807) is 19.1 Å². The van der Waals surface area contributed by atoms with E-state index in [4.69, 9.17) is 0 Å². The summed E-state index contributed by atoms with van der Waals surface area (Å²) in [4.78, 5) is 13.0. The van der Waals surface area contributed by atoms with Crippen molar-refractivity contribution in [3.63, 3.8) is 0 Å². The van der Waals surface area contributed by atoms with Gasteiger partial charge in [-0.25, -0.2) is 21.9 Å². The van der Waals surface area contributed by atoms with E-state index in [2.05, 4.69) is 4.72 Å². The number of ketones is 1. The van der Waals surface area contributed by atoms with E-state index >= 15 is 0 Å². The van der Waals surface area contributed by atoms with Crippen LogP contribution in [0.4, 0.5) is 8.78 Å². The lowest BCUT2D eigenvalue weighted by molar-refractivity contribution is 0.0995. The molecule has 1 aliphatic carbocycles. The Morgan fingerprint density at radius 2 is 2.00 bits per heavy atom. The Morgan fingerprint density at radius 1 is 1.32 bits per heavy atom. The molecule has 4 nitrogen and oxygen atoms in total. The molecule has 1 atom stereocenters. The van der Waals surface area contributed by atoms with Gasteiger partial charge in [0.2, 0.25) is 10.0 Å². The number of halogens is 2. The SMILES string of the molecule is CC(=O)c1ccc(-c2ccc(S(=O)(=O)NCC3CC3(F)F)cc2C)s1. The van der Waals surface area contributed by atoms with Crippen LogP contribution in [-0.4, -0.2) is 26.7 Å². The molecule has 8 heteroatoms. The van der Waals surface area contributed by atoms with E-state index in [0.717, 1.165) is 16.0 Å². The van der Waals surface area contributed by atoms with Crippen molar-refractivity contribution in [2.24, 2.45) is 5.92 Å². The number of alkyl halides is 2. The Labute approximate surface area is 148 Å². The van der Waals surface area contributed by atoms with Crippen LogP contribution in [0.3, 0.4) is 0 Å². The molecule has 1 unspecified atom stereocenters. The number of thiophene rings is 1. The molecule has 134 valence electrons. The third-order valence-electron chi connectivity index (χ3n) is 4.20. The summed E-state index contributed by atoms with van der Waals surface area (Å²) in [6, 6.07) is 8.19. The number of Topliss-reactive ketones (excluding diaryl/α,β-unsaturated/α-hetero) is 1. The van der Waals surface area contributed by atoms with Crippen molar-refractivity contribution in [3.8, 4) is 10.4 Å². The van der Waals surface area contributed by atoms with Crippen molar-refractivity contribution in [2.75, 3.05) is 6.54 Å². The third-order valence-corrected chi connectivity index (χ3v) is 6.84. The Morgan fingerprint density at radius 3 is 2.52 bits per heavy atom. The fourth-order valence-electron chi connectivity index (χ4n) is 2.54. The molecule has 1 N–H and O–H groups in total. The zero-order chi connectivity index (χ0) is 18.4. The van der Waals surface area contributed by atoms with Crippen molar-refractivity contribution >= 4 is 27.1 Å². The predicted molar refractivity (Wildman–Crippen MR) is 92.7 cm³/mol. The number of carbonyl (C=O) groups excluding carboxylic acids is 1. The van der Waals surface area contributed by atoms with Gasteiger partial charge < -0.3 is 0 Å². The normalized spacial score (nSPS) is 19.0. The topological polar surface area (TPSA) is 63.2 Å². The largest absolute Gasteiger partial charge is 0.294 e. The van der Waals surface area contributed by atoms with E-state index in [0.29, 0.717) is 4.88 Å². The van der Waals surface area contributed by atoms with Crippen LogP contribution in [-0.2, 0) is 10.0 Å². The molecule has 3 rings (SSSR count). The summed E-state index contributed by atoms with van der Waals surface area (Å²) < 4.78 is 52.5. The first-order valence-corrected chi connectivity index (χ1v) is 9.99. The molecule has 1 aromatic heterocycles. The lowest BCUT2D eigenvalue weighted by Crippen LogP contribution is -2.27. The zero-order valence-corrected chi connectivity index (χ0v) is 15.3. The summed E-state index contributed by atoms with van der Waals surface area (Å²) in [5.41, 5.74) is 1.57. The molecule has 0 spiro atoms. The molecule has 1 fully saturated rings. The molecule has 2 aromatic rings. The second kappa shape index (κ2) is 6.26. The van der Waals surface area contributed by atoms with Crippen molar-refractivity contribution in [2.45, 2.75) is 31.1 Å². The van der Waals surface area contributed by atoms with Crippen LogP contribution in [0.25, 0.3) is 10.4 Å². The molecule has 0 bridgehead atoms. The number of benzene rings is 1. The van der Waals surface area contributed by atoms with Crippen molar-refractivity contribution in [3.05, 3.63) is 40.8 Å². The van der Waals surface area contributed by atoms with Crippen LogP contribution in [0, 0.1) is 12.8 Å². The molecule has 1 aromatic carbocycles. The molecule has 1 heterocycles. The van der Waals surface area contributed by atoms with E-state index in [9.17, 15) is 22.0 Å². The fourth-order valence-corrected chi connectivity index (χ4v) is 4.69. The smallest absolute Gasteiger partial charge is 0.252 e. The molecule has 1 aliphatic rings. The number of carbonyl (C=O) groups is 1. The first kappa shape index (κ1) is 18.2. The highest BCUT2D eigenvalue weighted by atomic mass is 32.2. The molecule has 25 heavy (non-hydrogen) atoms. The average molecular weight is 385 g/mol. The van der Waals surface area contributed by atoms with Crippen LogP contribution in [0.15, 0.2) is 35.2 Å². The molecule has 0 aliphatic heterocycles. The van der Waals surface area contributed by atoms with Crippen molar-refractivity contribution < 1.29 is 22.0 Å². The molecule has 0 saturated heterocycles. The summed E-state index contributed by atoms with van der Waals surface area (Å²) in [5, 5.41) is 0. The summed E-state index contributed by atoms with van der Waals surface area (Å²) in [6.07, 6.45) is -0.273. The van der Waals surface area contributed by atoms with E-state index < -0.39 is 21.9 Å². The van der Waals surface area contributed by atoms with E-state index in [1.807, 2.05) is 6.07 Å². The first-order valence-electron chi connectivity index (χ1n) is 7.69.